The Morgan fingerprint density at radius 1 is 1.08 bits per heavy atom. The molecule has 0 aromatic heterocycles. The lowest BCUT2D eigenvalue weighted by Gasteiger charge is -2.22. The molecule has 1 atom stereocenters. The summed E-state index contributed by atoms with van der Waals surface area (Å²) in [6, 6.07) is 16.0. The second kappa shape index (κ2) is 7.52. The lowest BCUT2D eigenvalue weighted by molar-refractivity contribution is -0.123. The van der Waals surface area contributed by atoms with Crippen LogP contribution in [0.15, 0.2) is 48.5 Å². The standard InChI is InChI=1S/C21H27NO2/c1-15-10-12-17(13-11-15)16(2)22-20(23)14-24-19-9-7-6-8-18(19)21(3,4)5/h6-13,16H,14H2,1-5H3,(H,22,23)/t16-/m1/s1. The van der Waals surface area contributed by atoms with Crippen molar-refractivity contribution in [1.82, 2.24) is 5.32 Å². The number of ether oxygens (including phenoxy) is 1. The molecule has 2 aromatic carbocycles. The van der Waals surface area contributed by atoms with Gasteiger partial charge in [-0.05, 0) is 36.5 Å². The van der Waals surface area contributed by atoms with Gasteiger partial charge in [0.05, 0.1) is 6.04 Å². The molecule has 0 bridgehead atoms. The maximum Gasteiger partial charge on any atom is 0.258 e. The molecule has 0 aliphatic carbocycles. The molecule has 2 rings (SSSR count). The van der Waals surface area contributed by atoms with Crippen molar-refractivity contribution in [3.8, 4) is 5.75 Å². The van der Waals surface area contributed by atoms with Crippen LogP contribution in [0.2, 0.25) is 0 Å². The summed E-state index contributed by atoms with van der Waals surface area (Å²) in [5.41, 5.74) is 3.37. The van der Waals surface area contributed by atoms with E-state index < -0.39 is 0 Å². The fourth-order valence-electron chi connectivity index (χ4n) is 2.58. The summed E-state index contributed by atoms with van der Waals surface area (Å²) in [5, 5.41) is 2.98. The van der Waals surface area contributed by atoms with E-state index >= 15 is 0 Å². The van der Waals surface area contributed by atoms with Gasteiger partial charge in [0.1, 0.15) is 5.75 Å². The Labute approximate surface area is 145 Å². The fraction of sp³-hybridized carbons (Fsp3) is 0.381. The first-order chi connectivity index (χ1) is 11.3. The van der Waals surface area contributed by atoms with Crippen LogP contribution in [-0.2, 0) is 10.2 Å². The van der Waals surface area contributed by atoms with Gasteiger partial charge >= 0.3 is 0 Å². The van der Waals surface area contributed by atoms with E-state index in [1.807, 2.05) is 62.4 Å². The van der Waals surface area contributed by atoms with E-state index in [9.17, 15) is 4.79 Å². The van der Waals surface area contributed by atoms with Crippen molar-refractivity contribution >= 4 is 5.91 Å². The van der Waals surface area contributed by atoms with Gasteiger partial charge < -0.3 is 10.1 Å². The molecule has 2 aromatic rings. The molecular weight excluding hydrogens is 298 g/mol. The molecule has 0 unspecified atom stereocenters. The van der Waals surface area contributed by atoms with Crippen molar-refractivity contribution in [2.24, 2.45) is 0 Å². The first-order valence-electron chi connectivity index (χ1n) is 8.35. The molecule has 0 radical (unpaired) electrons. The number of benzene rings is 2. The first kappa shape index (κ1) is 18.1. The monoisotopic (exact) mass is 325 g/mol. The highest BCUT2D eigenvalue weighted by molar-refractivity contribution is 5.78. The van der Waals surface area contributed by atoms with Gasteiger partial charge in [0.25, 0.3) is 5.91 Å². The van der Waals surface area contributed by atoms with Crippen LogP contribution >= 0.6 is 0 Å². The molecule has 3 heteroatoms. The molecule has 128 valence electrons. The van der Waals surface area contributed by atoms with Crippen LogP contribution in [0.3, 0.4) is 0 Å². The average Bonchev–Trinajstić information content (AvgIpc) is 2.53. The molecule has 0 aliphatic heterocycles. The molecular formula is C21H27NO2. The Morgan fingerprint density at radius 3 is 2.33 bits per heavy atom. The quantitative estimate of drug-likeness (QED) is 0.876. The Balaban J connectivity index is 1.95. The number of nitrogens with one attached hydrogen (secondary N) is 1. The highest BCUT2D eigenvalue weighted by atomic mass is 16.5. The largest absolute Gasteiger partial charge is 0.483 e. The lowest BCUT2D eigenvalue weighted by Crippen LogP contribution is -2.31. The van der Waals surface area contributed by atoms with Gasteiger partial charge in [-0.15, -0.1) is 0 Å². The van der Waals surface area contributed by atoms with Crippen molar-refractivity contribution < 1.29 is 9.53 Å². The molecule has 0 heterocycles. The van der Waals surface area contributed by atoms with Crippen molar-refractivity contribution in [3.05, 3.63) is 65.2 Å². The topological polar surface area (TPSA) is 38.3 Å². The maximum absolute atomic E-state index is 12.2. The van der Waals surface area contributed by atoms with E-state index in [1.54, 1.807) is 0 Å². The summed E-state index contributed by atoms with van der Waals surface area (Å²) in [7, 11) is 0. The SMILES string of the molecule is Cc1ccc([C@@H](C)NC(=O)COc2ccccc2C(C)(C)C)cc1. The van der Waals surface area contributed by atoms with Crippen molar-refractivity contribution in [2.75, 3.05) is 6.61 Å². The number of aryl methyl sites for hydroxylation is 1. The highest BCUT2D eigenvalue weighted by Crippen LogP contribution is 2.30. The van der Waals surface area contributed by atoms with Gasteiger partial charge in [0.2, 0.25) is 0 Å². The summed E-state index contributed by atoms with van der Waals surface area (Å²) in [4.78, 5) is 12.2. The second-order valence-corrected chi connectivity index (χ2v) is 7.23. The zero-order valence-corrected chi connectivity index (χ0v) is 15.2. The van der Waals surface area contributed by atoms with Crippen LogP contribution in [0.1, 0.15) is 50.4 Å². The van der Waals surface area contributed by atoms with Crippen LogP contribution in [-0.4, -0.2) is 12.5 Å². The molecule has 1 N–H and O–H groups in total. The van der Waals surface area contributed by atoms with Gasteiger partial charge in [-0.3, -0.25) is 4.79 Å². The Hall–Kier alpha value is -2.29. The normalized spacial score (nSPS) is 12.5. The third-order valence-electron chi connectivity index (χ3n) is 4.01. The highest BCUT2D eigenvalue weighted by Gasteiger charge is 2.19. The summed E-state index contributed by atoms with van der Waals surface area (Å²) >= 11 is 0. The van der Waals surface area contributed by atoms with E-state index in [0.717, 1.165) is 16.9 Å². The molecule has 24 heavy (non-hydrogen) atoms. The zero-order chi connectivity index (χ0) is 17.7. The third kappa shape index (κ3) is 4.85. The van der Waals surface area contributed by atoms with Gasteiger partial charge in [-0.1, -0.05) is 68.8 Å². The Bertz CT molecular complexity index is 684. The molecule has 0 saturated carbocycles. The van der Waals surface area contributed by atoms with Crippen LogP contribution in [0, 0.1) is 6.92 Å². The average molecular weight is 325 g/mol. The number of rotatable bonds is 5. The fourth-order valence-corrected chi connectivity index (χ4v) is 2.58. The van der Waals surface area contributed by atoms with E-state index in [1.165, 1.54) is 5.56 Å². The molecule has 0 fully saturated rings. The third-order valence-corrected chi connectivity index (χ3v) is 4.01. The summed E-state index contributed by atoms with van der Waals surface area (Å²) in [6.07, 6.45) is 0. The van der Waals surface area contributed by atoms with Crippen LogP contribution in [0.25, 0.3) is 0 Å². The predicted molar refractivity (Wildman–Crippen MR) is 98.4 cm³/mol. The van der Waals surface area contributed by atoms with Crippen molar-refractivity contribution in [1.29, 1.82) is 0 Å². The Kier molecular flexibility index (Phi) is 5.66. The Morgan fingerprint density at radius 2 is 1.71 bits per heavy atom. The number of hydrogen-bond donors (Lipinski definition) is 1. The summed E-state index contributed by atoms with van der Waals surface area (Å²) < 4.78 is 5.77. The van der Waals surface area contributed by atoms with Crippen LogP contribution < -0.4 is 10.1 Å². The predicted octanol–water partition coefficient (Wildman–Crippen LogP) is 4.55. The number of para-hydroxylation sites is 1. The van der Waals surface area contributed by atoms with Crippen LogP contribution in [0.5, 0.6) is 5.75 Å². The summed E-state index contributed by atoms with van der Waals surface area (Å²) in [5.74, 6) is 0.648. The minimum atomic E-state index is -0.119. The van der Waals surface area contributed by atoms with Crippen molar-refractivity contribution in [2.45, 2.75) is 46.1 Å². The van der Waals surface area contributed by atoms with Gasteiger partial charge in [-0.2, -0.15) is 0 Å². The number of amides is 1. The number of hydrogen-bond acceptors (Lipinski definition) is 2. The minimum Gasteiger partial charge on any atom is -0.483 e. The smallest absolute Gasteiger partial charge is 0.258 e. The second-order valence-electron chi connectivity index (χ2n) is 7.23. The molecule has 3 nitrogen and oxygen atoms in total. The minimum absolute atomic E-state index is 0.0172. The molecule has 0 saturated heterocycles. The van der Waals surface area contributed by atoms with Gasteiger partial charge in [-0.25, -0.2) is 0 Å². The molecule has 0 spiro atoms. The molecule has 1 amide bonds. The van der Waals surface area contributed by atoms with E-state index in [2.05, 4.69) is 26.1 Å². The van der Waals surface area contributed by atoms with Gasteiger partial charge in [0.15, 0.2) is 6.61 Å². The zero-order valence-electron chi connectivity index (χ0n) is 15.2. The number of carbonyl (C=O) groups is 1. The first-order valence-corrected chi connectivity index (χ1v) is 8.35. The van der Waals surface area contributed by atoms with E-state index in [4.69, 9.17) is 4.74 Å². The molecule has 0 aliphatic rings. The number of carbonyl (C=O) groups excluding carboxylic acids is 1. The maximum atomic E-state index is 12.2. The van der Waals surface area contributed by atoms with Crippen LogP contribution in [0.4, 0.5) is 0 Å². The summed E-state index contributed by atoms with van der Waals surface area (Å²) in [6.45, 7) is 10.4. The van der Waals surface area contributed by atoms with E-state index in [0.29, 0.717) is 0 Å². The van der Waals surface area contributed by atoms with Gasteiger partial charge in [0, 0.05) is 0 Å². The van der Waals surface area contributed by atoms with E-state index in [-0.39, 0.29) is 24.0 Å². The lowest BCUT2D eigenvalue weighted by atomic mass is 9.86. The van der Waals surface area contributed by atoms with Crippen molar-refractivity contribution in [3.63, 3.8) is 0 Å².